The molecule has 0 fully saturated rings. The second kappa shape index (κ2) is 6.76. The van der Waals surface area contributed by atoms with Gasteiger partial charge in [0.2, 0.25) is 0 Å². The summed E-state index contributed by atoms with van der Waals surface area (Å²) in [6.45, 7) is 3.58. The van der Waals surface area contributed by atoms with E-state index in [9.17, 15) is 9.59 Å². The molecule has 2 rings (SSSR count). The number of nitrogens with one attached hydrogen (secondary N) is 1. The van der Waals surface area contributed by atoms with Crippen molar-refractivity contribution in [1.82, 2.24) is 0 Å². The van der Waals surface area contributed by atoms with Gasteiger partial charge in [0, 0.05) is 5.69 Å². The standard InChI is InChI=1S/C17H17NO4/c1-11-5-3-8-15(9-11)22-12(2)16(19)18-14-7-4-6-13(10-14)17(20)21/h3-10,12H,1-2H3,(H,18,19)(H,20,21)/t12-/m0/s1. The lowest BCUT2D eigenvalue weighted by Crippen LogP contribution is -2.30. The van der Waals surface area contributed by atoms with Crippen molar-refractivity contribution in [2.75, 3.05) is 5.32 Å². The number of carboxylic acids is 1. The molecular formula is C17H17NO4. The Morgan fingerprint density at radius 2 is 1.86 bits per heavy atom. The number of carboxylic acid groups (broad SMARTS) is 1. The third kappa shape index (κ3) is 4.09. The van der Waals surface area contributed by atoms with Gasteiger partial charge in [-0.05, 0) is 49.7 Å². The van der Waals surface area contributed by atoms with E-state index in [1.54, 1.807) is 25.1 Å². The van der Waals surface area contributed by atoms with Crippen LogP contribution >= 0.6 is 0 Å². The molecular weight excluding hydrogens is 282 g/mol. The molecule has 0 bridgehead atoms. The highest BCUT2D eigenvalue weighted by molar-refractivity contribution is 5.96. The quantitative estimate of drug-likeness (QED) is 0.889. The highest BCUT2D eigenvalue weighted by atomic mass is 16.5. The summed E-state index contributed by atoms with van der Waals surface area (Å²) in [6, 6.07) is 13.5. The van der Waals surface area contributed by atoms with E-state index < -0.39 is 12.1 Å². The van der Waals surface area contributed by atoms with Gasteiger partial charge in [-0.1, -0.05) is 18.2 Å². The van der Waals surface area contributed by atoms with Gasteiger partial charge in [-0.3, -0.25) is 4.79 Å². The van der Waals surface area contributed by atoms with Crippen LogP contribution in [-0.2, 0) is 4.79 Å². The molecule has 0 aliphatic rings. The number of ether oxygens (including phenoxy) is 1. The van der Waals surface area contributed by atoms with Crippen LogP contribution in [0, 0.1) is 6.92 Å². The fraction of sp³-hybridized carbons (Fsp3) is 0.176. The summed E-state index contributed by atoms with van der Waals surface area (Å²) >= 11 is 0. The number of benzene rings is 2. The summed E-state index contributed by atoms with van der Waals surface area (Å²) in [4.78, 5) is 23.0. The van der Waals surface area contributed by atoms with Gasteiger partial charge in [-0.15, -0.1) is 0 Å². The summed E-state index contributed by atoms with van der Waals surface area (Å²) < 4.78 is 5.58. The third-order valence-electron chi connectivity index (χ3n) is 3.05. The van der Waals surface area contributed by atoms with Gasteiger partial charge in [-0.25, -0.2) is 4.79 Å². The zero-order chi connectivity index (χ0) is 16.1. The maximum atomic E-state index is 12.1. The largest absolute Gasteiger partial charge is 0.481 e. The van der Waals surface area contributed by atoms with Crippen LogP contribution < -0.4 is 10.1 Å². The first kappa shape index (κ1) is 15.6. The van der Waals surface area contributed by atoms with E-state index in [0.29, 0.717) is 11.4 Å². The lowest BCUT2D eigenvalue weighted by molar-refractivity contribution is -0.122. The topological polar surface area (TPSA) is 75.6 Å². The van der Waals surface area contributed by atoms with Crippen molar-refractivity contribution in [2.24, 2.45) is 0 Å². The number of hydrogen-bond donors (Lipinski definition) is 2. The number of aryl methyl sites for hydroxylation is 1. The Balaban J connectivity index is 2.02. The van der Waals surface area contributed by atoms with Crippen molar-refractivity contribution in [3.05, 3.63) is 59.7 Å². The van der Waals surface area contributed by atoms with Crippen LogP contribution in [0.1, 0.15) is 22.8 Å². The maximum absolute atomic E-state index is 12.1. The van der Waals surface area contributed by atoms with Gasteiger partial charge >= 0.3 is 5.97 Å². The molecule has 2 N–H and O–H groups in total. The predicted molar refractivity (Wildman–Crippen MR) is 83.3 cm³/mol. The predicted octanol–water partition coefficient (Wildman–Crippen LogP) is 3.10. The zero-order valence-corrected chi connectivity index (χ0v) is 12.4. The number of rotatable bonds is 5. The van der Waals surface area contributed by atoms with E-state index >= 15 is 0 Å². The van der Waals surface area contributed by atoms with Gasteiger partial charge in [0.05, 0.1) is 5.56 Å². The number of hydrogen-bond acceptors (Lipinski definition) is 3. The SMILES string of the molecule is Cc1cccc(O[C@@H](C)C(=O)Nc2cccc(C(=O)O)c2)c1. The van der Waals surface area contributed by atoms with Crippen LogP contribution in [-0.4, -0.2) is 23.1 Å². The van der Waals surface area contributed by atoms with Crippen molar-refractivity contribution in [1.29, 1.82) is 0 Å². The van der Waals surface area contributed by atoms with Gasteiger partial charge in [0.15, 0.2) is 6.10 Å². The lowest BCUT2D eigenvalue weighted by atomic mass is 10.2. The fourth-order valence-electron chi connectivity index (χ4n) is 1.92. The van der Waals surface area contributed by atoms with E-state index in [-0.39, 0.29) is 11.5 Å². The molecule has 0 saturated carbocycles. The van der Waals surface area contributed by atoms with Gasteiger partial charge in [0.25, 0.3) is 5.91 Å². The molecule has 0 spiro atoms. The molecule has 1 atom stereocenters. The first-order valence-electron chi connectivity index (χ1n) is 6.83. The Labute approximate surface area is 128 Å². The smallest absolute Gasteiger partial charge is 0.335 e. The Bertz CT molecular complexity index is 697. The molecule has 0 aliphatic heterocycles. The molecule has 2 aromatic rings. The molecule has 0 unspecified atom stereocenters. The molecule has 0 radical (unpaired) electrons. The Hall–Kier alpha value is -2.82. The Morgan fingerprint density at radius 1 is 1.14 bits per heavy atom. The maximum Gasteiger partial charge on any atom is 0.335 e. The Kier molecular flexibility index (Phi) is 4.78. The van der Waals surface area contributed by atoms with Crippen LogP contribution in [0.15, 0.2) is 48.5 Å². The summed E-state index contributed by atoms with van der Waals surface area (Å²) in [5.41, 5.74) is 1.58. The fourth-order valence-corrected chi connectivity index (χ4v) is 1.92. The Morgan fingerprint density at radius 3 is 2.55 bits per heavy atom. The minimum Gasteiger partial charge on any atom is -0.481 e. The van der Waals surface area contributed by atoms with Crippen molar-refractivity contribution in [2.45, 2.75) is 20.0 Å². The third-order valence-corrected chi connectivity index (χ3v) is 3.05. The molecule has 22 heavy (non-hydrogen) atoms. The molecule has 114 valence electrons. The van der Waals surface area contributed by atoms with Crippen LogP contribution in [0.5, 0.6) is 5.75 Å². The molecule has 0 aliphatic carbocycles. The molecule has 1 amide bonds. The minimum atomic E-state index is -1.04. The molecule has 5 nitrogen and oxygen atoms in total. The average Bonchev–Trinajstić information content (AvgIpc) is 2.47. The minimum absolute atomic E-state index is 0.116. The first-order valence-corrected chi connectivity index (χ1v) is 6.83. The number of amides is 1. The number of carbonyl (C=O) groups is 2. The number of anilines is 1. The summed E-state index contributed by atoms with van der Waals surface area (Å²) in [7, 11) is 0. The molecule has 0 aromatic heterocycles. The highest BCUT2D eigenvalue weighted by Crippen LogP contribution is 2.16. The number of aromatic carboxylic acids is 1. The van der Waals surface area contributed by atoms with E-state index in [0.717, 1.165) is 5.56 Å². The van der Waals surface area contributed by atoms with Crippen LogP contribution in [0.3, 0.4) is 0 Å². The van der Waals surface area contributed by atoms with E-state index in [1.807, 2.05) is 25.1 Å². The van der Waals surface area contributed by atoms with Crippen molar-refractivity contribution >= 4 is 17.6 Å². The van der Waals surface area contributed by atoms with Crippen molar-refractivity contribution < 1.29 is 19.4 Å². The first-order chi connectivity index (χ1) is 10.5. The zero-order valence-electron chi connectivity index (χ0n) is 12.4. The van der Waals surface area contributed by atoms with Gasteiger partial charge < -0.3 is 15.2 Å². The summed E-state index contributed by atoms with van der Waals surface area (Å²) in [6.07, 6.45) is -0.699. The molecule has 0 saturated heterocycles. The molecule has 0 heterocycles. The lowest BCUT2D eigenvalue weighted by Gasteiger charge is -2.15. The van der Waals surface area contributed by atoms with Crippen LogP contribution in [0.2, 0.25) is 0 Å². The number of carbonyl (C=O) groups excluding carboxylic acids is 1. The monoisotopic (exact) mass is 299 g/mol. The normalized spacial score (nSPS) is 11.5. The van der Waals surface area contributed by atoms with Crippen molar-refractivity contribution in [3.8, 4) is 5.75 Å². The highest BCUT2D eigenvalue weighted by Gasteiger charge is 2.15. The van der Waals surface area contributed by atoms with E-state index in [2.05, 4.69) is 5.32 Å². The van der Waals surface area contributed by atoms with Crippen molar-refractivity contribution in [3.63, 3.8) is 0 Å². The van der Waals surface area contributed by atoms with Crippen LogP contribution in [0.25, 0.3) is 0 Å². The second-order valence-corrected chi connectivity index (χ2v) is 4.95. The average molecular weight is 299 g/mol. The molecule has 5 heteroatoms. The van der Waals surface area contributed by atoms with E-state index in [4.69, 9.17) is 9.84 Å². The van der Waals surface area contributed by atoms with E-state index in [1.165, 1.54) is 12.1 Å². The second-order valence-electron chi connectivity index (χ2n) is 4.95. The van der Waals surface area contributed by atoms with Crippen LogP contribution in [0.4, 0.5) is 5.69 Å². The summed E-state index contributed by atoms with van der Waals surface area (Å²) in [5, 5.41) is 11.6. The molecule has 2 aromatic carbocycles. The van der Waals surface area contributed by atoms with Gasteiger partial charge in [0.1, 0.15) is 5.75 Å². The summed E-state index contributed by atoms with van der Waals surface area (Å²) in [5.74, 6) is -0.772. The van der Waals surface area contributed by atoms with Gasteiger partial charge in [-0.2, -0.15) is 0 Å².